The second kappa shape index (κ2) is 10.8. The summed E-state index contributed by atoms with van der Waals surface area (Å²) in [5.41, 5.74) is 1.50. The number of hydrogen-bond donors (Lipinski definition) is 2. The average Bonchev–Trinajstić information content (AvgIpc) is 3.25. The molecule has 3 heterocycles. The Labute approximate surface area is 170 Å². The highest BCUT2D eigenvalue weighted by molar-refractivity contribution is 14.0. The number of guanidine groups is 1. The number of hydrogen-bond acceptors (Lipinski definition) is 4. The minimum absolute atomic E-state index is 0. The fourth-order valence-electron chi connectivity index (χ4n) is 2.90. The zero-order chi connectivity index (χ0) is 16.6. The lowest BCUT2D eigenvalue weighted by atomic mass is 10.1. The van der Waals surface area contributed by atoms with Crippen LogP contribution in [0.15, 0.2) is 39.3 Å². The summed E-state index contributed by atoms with van der Waals surface area (Å²) in [7, 11) is 0. The van der Waals surface area contributed by atoms with Gasteiger partial charge in [-0.25, -0.2) is 0 Å². The van der Waals surface area contributed by atoms with E-state index in [0.29, 0.717) is 0 Å². The standard InChI is InChI=1S/C18H26N4OS.HI/c1-2-19-18(20-8-5-16-4-3-12-23-16)21-9-11-22-10-6-17-15(14-22)7-13-24-17;/h3-4,7,12-13H,2,5-6,8-11,14H2,1H3,(H2,19,20,21);1H. The van der Waals surface area contributed by atoms with Crippen molar-refractivity contribution in [3.05, 3.63) is 46.0 Å². The Morgan fingerprint density at radius 2 is 2.28 bits per heavy atom. The Morgan fingerprint density at radius 1 is 1.36 bits per heavy atom. The van der Waals surface area contributed by atoms with Gasteiger partial charge < -0.3 is 15.1 Å². The molecular weight excluding hydrogens is 447 g/mol. The van der Waals surface area contributed by atoms with E-state index in [2.05, 4.69) is 33.9 Å². The van der Waals surface area contributed by atoms with Gasteiger partial charge in [-0.2, -0.15) is 0 Å². The summed E-state index contributed by atoms with van der Waals surface area (Å²) in [5, 5.41) is 8.88. The Morgan fingerprint density at radius 3 is 3.08 bits per heavy atom. The number of nitrogens with one attached hydrogen (secondary N) is 2. The highest BCUT2D eigenvalue weighted by Crippen LogP contribution is 2.23. The summed E-state index contributed by atoms with van der Waals surface area (Å²) in [4.78, 5) is 8.74. The number of thiophene rings is 1. The van der Waals surface area contributed by atoms with Crippen molar-refractivity contribution in [1.29, 1.82) is 0 Å². The maximum atomic E-state index is 5.35. The molecular formula is C18H27IN4OS. The summed E-state index contributed by atoms with van der Waals surface area (Å²) in [6, 6.07) is 6.18. The second-order valence-electron chi connectivity index (χ2n) is 5.91. The van der Waals surface area contributed by atoms with Gasteiger partial charge in [0.25, 0.3) is 0 Å². The van der Waals surface area contributed by atoms with Gasteiger partial charge in [0, 0.05) is 44.0 Å². The molecule has 7 heteroatoms. The van der Waals surface area contributed by atoms with Crippen molar-refractivity contribution in [2.75, 3.05) is 32.7 Å². The van der Waals surface area contributed by atoms with E-state index in [0.717, 1.165) is 57.4 Å². The van der Waals surface area contributed by atoms with E-state index >= 15 is 0 Å². The van der Waals surface area contributed by atoms with E-state index in [4.69, 9.17) is 9.41 Å². The monoisotopic (exact) mass is 474 g/mol. The maximum absolute atomic E-state index is 5.35. The molecule has 0 bridgehead atoms. The van der Waals surface area contributed by atoms with Crippen LogP contribution in [0.1, 0.15) is 23.1 Å². The van der Waals surface area contributed by atoms with Gasteiger partial charge in [-0.3, -0.25) is 9.89 Å². The lowest BCUT2D eigenvalue weighted by Crippen LogP contribution is -2.39. The van der Waals surface area contributed by atoms with Crippen LogP contribution in [0.2, 0.25) is 0 Å². The Bertz CT molecular complexity index is 641. The van der Waals surface area contributed by atoms with Crippen LogP contribution >= 0.6 is 35.3 Å². The van der Waals surface area contributed by atoms with E-state index < -0.39 is 0 Å². The number of halogens is 1. The van der Waals surface area contributed by atoms with E-state index in [1.54, 1.807) is 11.1 Å². The molecule has 0 aromatic carbocycles. The number of aliphatic imine (C=N–C) groups is 1. The molecule has 5 nitrogen and oxygen atoms in total. The molecule has 0 spiro atoms. The smallest absolute Gasteiger partial charge is 0.191 e. The van der Waals surface area contributed by atoms with Gasteiger partial charge in [-0.15, -0.1) is 35.3 Å². The van der Waals surface area contributed by atoms with Crippen molar-refractivity contribution in [3.63, 3.8) is 0 Å². The number of furan rings is 1. The predicted molar refractivity (Wildman–Crippen MR) is 115 cm³/mol. The zero-order valence-electron chi connectivity index (χ0n) is 14.7. The molecule has 0 aliphatic carbocycles. The molecule has 0 amide bonds. The first-order chi connectivity index (χ1) is 11.8. The third kappa shape index (κ3) is 6.31. The molecule has 0 atom stereocenters. The number of nitrogens with zero attached hydrogens (tertiary/aromatic N) is 2. The average molecular weight is 474 g/mol. The minimum atomic E-state index is 0. The van der Waals surface area contributed by atoms with Crippen molar-refractivity contribution in [2.45, 2.75) is 26.3 Å². The normalized spacial score (nSPS) is 14.7. The molecule has 0 saturated carbocycles. The van der Waals surface area contributed by atoms with Gasteiger partial charge in [0.15, 0.2) is 5.96 Å². The van der Waals surface area contributed by atoms with E-state index in [-0.39, 0.29) is 24.0 Å². The van der Waals surface area contributed by atoms with Crippen LogP contribution in [-0.2, 0) is 19.4 Å². The highest BCUT2D eigenvalue weighted by Gasteiger charge is 2.16. The summed E-state index contributed by atoms with van der Waals surface area (Å²) in [6.07, 6.45) is 3.76. The molecule has 0 saturated heterocycles. The highest BCUT2D eigenvalue weighted by atomic mass is 127. The third-order valence-electron chi connectivity index (χ3n) is 4.16. The lowest BCUT2D eigenvalue weighted by molar-refractivity contribution is 0.263. The number of rotatable bonds is 7. The molecule has 1 aliphatic rings. The molecule has 0 radical (unpaired) electrons. The summed E-state index contributed by atoms with van der Waals surface area (Å²) in [5.74, 6) is 1.88. The lowest BCUT2D eigenvalue weighted by Gasteiger charge is -2.26. The molecule has 3 rings (SSSR count). The zero-order valence-corrected chi connectivity index (χ0v) is 17.8. The van der Waals surface area contributed by atoms with Gasteiger partial charge in [0.2, 0.25) is 0 Å². The van der Waals surface area contributed by atoms with Crippen molar-refractivity contribution in [3.8, 4) is 0 Å². The van der Waals surface area contributed by atoms with Crippen LogP contribution in [0.5, 0.6) is 0 Å². The van der Waals surface area contributed by atoms with E-state index in [9.17, 15) is 0 Å². The first kappa shape index (κ1) is 20.3. The van der Waals surface area contributed by atoms with Crippen LogP contribution in [0.25, 0.3) is 0 Å². The fraction of sp³-hybridized carbons (Fsp3) is 0.500. The molecule has 25 heavy (non-hydrogen) atoms. The second-order valence-corrected chi connectivity index (χ2v) is 6.91. The van der Waals surface area contributed by atoms with Crippen molar-refractivity contribution in [2.24, 2.45) is 4.99 Å². The van der Waals surface area contributed by atoms with Crippen LogP contribution in [0.4, 0.5) is 0 Å². The van der Waals surface area contributed by atoms with Crippen LogP contribution in [-0.4, -0.2) is 43.6 Å². The first-order valence-electron chi connectivity index (χ1n) is 8.67. The predicted octanol–water partition coefficient (Wildman–Crippen LogP) is 3.12. The summed E-state index contributed by atoms with van der Waals surface area (Å²) < 4.78 is 5.35. The Kier molecular flexibility index (Phi) is 8.77. The maximum Gasteiger partial charge on any atom is 0.191 e. The molecule has 2 aromatic heterocycles. The van der Waals surface area contributed by atoms with E-state index in [1.807, 2.05) is 23.5 Å². The molecule has 0 unspecified atom stereocenters. The van der Waals surface area contributed by atoms with Gasteiger partial charge in [-0.05, 0) is 42.5 Å². The third-order valence-corrected chi connectivity index (χ3v) is 5.18. The number of fused-ring (bicyclic) bond motifs is 1. The quantitative estimate of drug-likeness (QED) is 0.368. The van der Waals surface area contributed by atoms with Gasteiger partial charge in [0.05, 0.1) is 12.8 Å². The van der Waals surface area contributed by atoms with Gasteiger partial charge in [0.1, 0.15) is 5.76 Å². The first-order valence-corrected chi connectivity index (χ1v) is 9.55. The van der Waals surface area contributed by atoms with Crippen LogP contribution < -0.4 is 10.6 Å². The molecule has 0 fully saturated rings. The molecule has 138 valence electrons. The SMILES string of the molecule is CCNC(=NCCN1CCc2sccc2C1)NCCc1ccco1.I. The summed E-state index contributed by atoms with van der Waals surface area (Å²) >= 11 is 1.89. The summed E-state index contributed by atoms with van der Waals surface area (Å²) in [6.45, 7) is 7.81. The minimum Gasteiger partial charge on any atom is -0.469 e. The molecule has 2 N–H and O–H groups in total. The topological polar surface area (TPSA) is 52.8 Å². The Hall–Kier alpha value is -1.06. The van der Waals surface area contributed by atoms with Crippen LogP contribution in [0, 0.1) is 0 Å². The van der Waals surface area contributed by atoms with E-state index in [1.165, 1.54) is 12.0 Å². The molecule has 1 aliphatic heterocycles. The largest absolute Gasteiger partial charge is 0.469 e. The molecule has 2 aromatic rings. The van der Waals surface area contributed by atoms with Gasteiger partial charge in [-0.1, -0.05) is 0 Å². The van der Waals surface area contributed by atoms with Crippen LogP contribution in [0.3, 0.4) is 0 Å². The van der Waals surface area contributed by atoms with Crippen molar-refractivity contribution in [1.82, 2.24) is 15.5 Å². The van der Waals surface area contributed by atoms with Crippen molar-refractivity contribution < 1.29 is 4.42 Å². The Balaban J connectivity index is 0.00000225. The van der Waals surface area contributed by atoms with Crippen molar-refractivity contribution >= 4 is 41.3 Å². The van der Waals surface area contributed by atoms with Gasteiger partial charge >= 0.3 is 0 Å². The fourth-order valence-corrected chi connectivity index (χ4v) is 3.79.